The summed E-state index contributed by atoms with van der Waals surface area (Å²) in [7, 11) is 0. The van der Waals surface area contributed by atoms with Crippen LogP contribution in [-0.2, 0) is 57.1 Å². The van der Waals surface area contributed by atoms with Gasteiger partial charge in [0.2, 0.25) is 6.29 Å². The molecule has 0 aliphatic carbocycles. The topological polar surface area (TPSA) is 150 Å². The summed E-state index contributed by atoms with van der Waals surface area (Å²) < 4.78 is 38.5. The highest BCUT2D eigenvalue weighted by atomic mass is 16.8. The Morgan fingerprint density at radius 2 is 1.34 bits per heavy atom. The maximum Gasteiger partial charge on any atom is 0.303 e. The molecule has 1 fully saturated rings. The molecule has 1 rings (SSSR count). The van der Waals surface area contributed by atoms with Crippen molar-refractivity contribution in [1.29, 1.82) is 0 Å². The first-order chi connectivity index (χ1) is 16.3. The molecule has 12 nitrogen and oxygen atoms in total. The molecule has 0 radical (unpaired) electrons. The van der Waals surface area contributed by atoms with Crippen LogP contribution in [0.25, 0.3) is 0 Å². The van der Waals surface area contributed by atoms with Crippen LogP contribution in [-0.4, -0.2) is 79.4 Å². The van der Waals surface area contributed by atoms with Crippen LogP contribution >= 0.6 is 0 Å². The van der Waals surface area contributed by atoms with E-state index < -0.39 is 73.6 Å². The first kappa shape index (κ1) is 30.2. The molecule has 1 heterocycles. The molecule has 1 saturated heterocycles. The van der Waals surface area contributed by atoms with Crippen LogP contribution in [0.5, 0.6) is 0 Å². The monoisotopic (exact) mass is 502 g/mol. The van der Waals surface area contributed by atoms with Gasteiger partial charge < -0.3 is 33.2 Å². The SMILES string of the molecule is C=C(C(=O)CC)[C@@H](OC(C)C)O[C@@H]1O[C@H](COC(C)=O)[C@@H](OC(C)=O)[C@H](OC(C)=O)[C@H]1OC(C)=O. The molecule has 1 aliphatic heterocycles. The van der Waals surface area contributed by atoms with Crippen molar-refractivity contribution >= 4 is 29.7 Å². The number of hydrogen-bond acceptors (Lipinski definition) is 12. The quantitative estimate of drug-likeness (QED) is 0.164. The molecule has 1 aliphatic rings. The zero-order valence-electron chi connectivity index (χ0n) is 21.1. The molecule has 6 atom stereocenters. The molecular weight excluding hydrogens is 468 g/mol. The van der Waals surface area contributed by atoms with Crippen molar-refractivity contribution in [3.63, 3.8) is 0 Å². The van der Waals surface area contributed by atoms with Crippen molar-refractivity contribution in [2.24, 2.45) is 0 Å². The van der Waals surface area contributed by atoms with E-state index in [0.29, 0.717) is 0 Å². The van der Waals surface area contributed by atoms with Crippen molar-refractivity contribution < 1.29 is 57.1 Å². The van der Waals surface area contributed by atoms with Gasteiger partial charge in [0.05, 0.1) is 6.10 Å². The van der Waals surface area contributed by atoms with Crippen molar-refractivity contribution in [3.05, 3.63) is 12.2 Å². The van der Waals surface area contributed by atoms with Crippen molar-refractivity contribution in [2.45, 2.75) is 98.0 Å². The molecular formula is C23H34O12. The highest BCUT2D eigenvalue weighted by Crippen LogP contribution is 2.31. The van der Waals surface area contributed by atoms with Crippen LogP contribution in [0, 0.1) is 0 Å². The van der Waals surface area contributed by atoms with E-state index in [1.165, 1.54) is 0 Å². The fourth-order valence-corrected chi connectivity index (χ4v) is 3.22. The molecule has 0 spiro atoms. The molecule has 198 valence electrons. The van der Waals surface area contributed by atoms with E-state index in [2.05, 4.69) is 6.58 Å². The van der Waals surface area contributed by atoms with Gasteiger partial charge in [-0.25, -0.2) is 0 Å². The largest absolute Gasteiger partial charge is 0.463 e. The second kappa shape index (κ2) is 13.9. The van der Waals surface area contributed by atoms with Crippen LogP contribution in [0.3, 0.4) is 0 Å². The summed E-state index contributed by atoms with van der Waals surface area (Å²) in [5, 5.41) is 0. The summed E-state index contributed by atoms with van der Waals surface area (Å²) in [6, 6.07) is 0. The fraction of sp³-hybridized carbons (Fsp3) is 0.696. The molecule has 0 aromatic carbocycles. The lowest BCUT2D eigenvalue weighted by atomic mass is 9.98. The zero-order valence-corrected chi connectivity index (χ0v) is 21.1. The Bertz CT molecular complexity index is 804. The van der Waals surface area contributed by atoms with Gasteiger partial charge >= 0.3 is 23.9 Å². The van der Waals surface area contributed by atoms with Gasteiger partial charge in [-0.3, -0.25) is 24.0 Å². The van der Waals surface area contributed by atoms with E-state index in [9.17, 15) is 24.0 Å². The Morgan fingerprint density at radius 1 is 0.829 bits per heavy atom. The molecule has 0 aromatic rings. The molecule has 0 amide bonds. The number of rotatable bonds is 12. The van der Waals surface area contributed by atoms with Crippen molar-refractivity contribution in [2.75, 3.05) is 6.61 Å². The third-order valence-corrected chi connectivity index (χ3v) is 4.57. The number of ether oxygens (including phenoxy) is 7. The van der Waals surface area contributed by atoms with Gasteiger partial charge in [0.15, 0.2) is 30.4 Å². The van der Waals surface area contributed by atoms with E-state index in [1.54, 1.807) is 20.8 Å². The van der Waals surface area contributed by atoms with E-state index in [4.69, 9.17) is 33.2 Å². The fourth-order valence-electron chi connectivity index (χ4n) is 3.22. The first-order valence-electron chi connectivity index (χ1n) is 11.1. The molecule has 12 heteroatoms. The van der Waals surface area contributed by atoms with Gasteiger partial charge in [-0.2, -0.15) is 0 Å². The maximum absolute atomic E-state index is 12.3. The lowest BCUT2D eigenvalue weighted by molar-refractivity contribution is -0.336. The second-order valence-electron chi connectivity index (χ2n) is 8.02. The lowest BCUT2D eigenvalue weighted by Gasteiger charge is -2.44. The number of carbonyl (C=O) groups excluding carboxylic acids is 5. The highest BCUT2D eigenvalue weighted by Gasteiger charge is 2.53. The van der Waals surface area contributed by atoms with E-state index >= 15 is 0 Å². The molecule has 0 unspecified atom stereocenters. The minimum atomic E-state index is -1.50. The Kier molecular flexibility index (Phi) is 12.0. The van der Waals surface area contributed by atoms with Gasteiger partial charge in [-0.05, 0) is 13.8 Å². The number of Topliss-reactive ketones (excluding diaryl/α,β-unsaturated/α-hetero) is 1. The summed E-state index contributed by atoms with van der Waals surface area (Å²) in [5.41, 5.74) is -0.0194. The maximum atomic E-state index is 12.3. The average Bonchev–Trinajstić information content (AvgIpc) is 2.73. The van der Waals surface area contributed by atoms with Crippen LogP contribution in [0.1, 0.15) is 54.9 Å². The van der Waals surface area contributed by atoms with Crippen LogP contribution in [0.15, 0.2) is 12.2 Å². The van der Waals surface area contributed by atoms with Gasteiger partial charge in [-0.1, -0.05) is 13.5 Å². The summed E-state index contributed by atoms with van der Waals surface area (Å²) >= 11 is 0. The molecule has 0 bridgehead atoms. The summed E-state index contributed by atoms with van der Waals surface area (Å²) in [4.78, 5) is 59.3. The van der Waals surface area contributed by atoms with Crippen LogP contribution in [0.2, 0.25) is 0 Å². The zero-order chi connectivity index (χ0) is 26.9. The number of esters is 4. The van der Waals surface area contributed by atoms with Gasteiger partial charge in [0.1, 0.15) is 12.7 Å². The Hall–Kier alpha value is -2.83. The molecule has 0 aromatic heterocycles. The Morgan fingerprint density at radius 3 is 1.80 bits per heavy atom. The minimum Gasteiger partial charge on any atom is -0.463 e. The predicted octanol–water partition coefficient (Wildman–Crippen LogP) is 1.37. The van der Waals surface area contributed by atoms with E-state index in [-0.39, 0.29) is 17.8 Å². The van der Waals surface area contributed by atoms with Crippen molar-refractivity contribution in [3.8, 4) is 0 Å². The third kappa shape index (κ3) is 9.74. The van der Waals surface area contributed by atoms with Crippen molar-refractivity contribution in [1.82, 2.24) is 0 Å². The standard InChI is InChI=1S/C23H34O12/c1-9-17(28)12(4)22(30-11(2)3)35-23-21(33-16(8)27)20(32-15(7)26)19(31-14(6)25)18(34-23)10-29-13(5)24/h11,18-23H,4,9-10H2,1-3,5-8H3/t18-,19-,20+,21-,22+,23+/m1/s1. The average molecular weight is 503 g/mol. The van der Waals surface area contributed by atoms with E-state index in [0.717, 1.165) is 27.7 Å². The summed E-state index contributed by atoms with van der Waals surface area (Å²) in [6.07, 6.45) is -8.48. The summed E-state index contributed by atoms with van der Waals surface area (Å²) in [6.45, 7) is 12.9. The molecule has 35 heavy (non-hydrogen) atoms. The molecule has 0 saturated carbocycles. The predicted molar refractivity (Wildman–Crippen MR) is 117 cm³/mol. The van der Waals surface area contributed by atoms with E-state index in [1.807, 2.05) is 0 Å². The normalized spacial score (nSPS) is 24.7. The third-order valence-electron chi connectivity index (χ3n) is 4.57. The first-order valence-corrected chi connectivity index (χ1v) is 11.1. The minimum absolute atomic E-state index is 0.0194. The van der Waals surface area contributed by atoms with Crippen LogP contribution < -0.4 is 0 Å². The number of ketones is 1. The van der Waals surface area contributed by atoms with Gasteiger partial charge in [-0.15, -0.1) is 0 Å². The van der Waals surface area contributed by atoms with Gasteiger partial charge in [0.25, 0.3) is 0 Å². The van der Waals surface area contributed by atoms with Gasteiger partial charge in [0, 0.05) is 39.7 Å². The smallest absolute Gasteiger partial charge is 0.303 e. The molecule has 0 N–H and O–H groups in total. The van der Waals surface area contributed by atoms with Crippen LogP contribution in [0.4, 0.5) is 0 Å². The number of carbonyl (C=O) groups is 5. The highest BCUT2D eigenvalue weighted by molar-refractivity contribution is 5.95. The Balaban J connectivity index is 3.49. The lowest BCUT2D eigenvalue weighted by Crippen LogP contribution is -2.63. The Labute approximate surface area is 204 Å². The second-order valence-corrected chi connectivity index (χ2v) is 8.02. The number of hydrogen-bond donors (Lipinski definition) is 0. The summed E-state index contributed by atoms with van der Waals surface area (Å²) in [5.74, 6) is -3.32.